The molecule has 1 aliphatic rings. The molecule has 0 aliphatic carbocycles. The number of carbonyl (C=O) groups is 2. The second kappa shape index (κ2) is 11.7. The summed E-state index contributed by atoms with van der Waals surface area (Å²) in [6, 6.07) is 17.7. The molecule has 9 heteroatoms. The molecule has 2 aromatic carbocycles. The van der Waals surface area contributed by atoms with Crippen LogP contribution in [0.5, 0.6) is 5.75 Å². The normalized spacial score (nSPS) is 15.5. The smallest absolute Gasteiger partial charge is 0.355 e. The Morgan fingerprint density at radius 1 is 1.03 bits per heavy atom. The SMILES string of the molecule is CCOCCOc1cccc(N2C(N)=C(C#N)C(c3ccccc3)C(C(=O)OC)=C2C(=O)OC)c1. The Labute approximate surface area is 203 Å². The second-order valence-electron chi connectivity index (χ2n) is 7.38. The standard InChI is InChI=1S/C26H27N3O6/c1-4-34-13-14-35-19-12-8-11-18(15-19)29-23(26(31)33-3)22(25(30)32-2)21(20(16-27)24(29)28)17-9-6-5-7-10-17/h5-12,15,21H,4,13-14,28H2,1-3H3. The van der Waals surface area contributed by atoms with Crippen LogP contribution in [0.4, 0.5) is 5.69 Å². The van der Waals surface area contributed by atoms with Crippen molar-refractivity contribution in [1.29, 1.82) is 5.26 Å². The van der Waals surface area contributed by atoms with E-state index in [1.54, 1.807) is 54.6 Å². The lowest BCUT2D eigenvalue weighted by molar-refractivity contribution is -0.139. The fourth-order valence-corrected chi connectivity index (χ4v) is 3.86. The van der Waals surface area contributed by atoms with Crippen molar-refractivity contribution in [3.63, 3.8) is 0 Å². The number of methoxy groups -OCH3 is 2. The van der Waals surface area contributed by atoms with Crippen LogP contribution in [-0.4, -0.2) is 46.0 Å². The van der Waals surface area contributed by atoms with Gasteiger partial charge in [0.1, 0.15) is 23.9 Å². The Morgan fingerprint density at radius 2 is 1.74 bits per heavy atom. The van der Waals surface area contributed by atoms with Crippen LogP contribution in [0.15, 0.2) is 77.3 Å². The highest BCUT2D eigenvalue weighted by Gasteiger charge is 2.43. The molecule has 0 radical (unpaired) electrons. The number of hydrogen-bond donors (Lipinski definition) is 1. The van der Waals surface area contributed by atoms with Crippen LogP contribution < -0.4 is 15.4 Å². The summed E-state index contributed by atoms with van der Waals surface area (Å²) in [5.74, 6) is -2.05. The van der Waals surface area contributed by atoms with Crippen LogP contribution in [0.2, 0.25) is 0 Å². The maximum Gasteiger partial charge on any atom is 0.355 e. The van der Waals surface area contributed by atoms with Crippen molar-refractivity contribution in [2.45, 2.75) is 12.8 Å². The molecule has 2 aromatic rings. The average Bonchev–Trinajstić information content (AvgIpc) is 2.90. The molecule has 1 atom stereocenters. The number of ether oxygens (including phenoxy) is 4. The first kappa shape index (κ1) is 25.3. The number of nitriles is 1. The number of hydrogen-bond acceptors (Lipinski definition) is 9. The van der Waals surface area contributed by atoms with E-state index in [1.165, 1.54) is 19.1 Å². The summed E-state index contributed by atoms with van der Waals surface area (Å²) < 4.78 is 21.1. The minimum absolute atomic E-state index is 0.0131. The lowest BCUT2D eigenvalue weighted by Gasteiger charge is -2.36. The molecule has 2 N–H and O–H groups in total. The van der Waals surface area contributed by atoms with Crippen molar-refractivity contribution in [3.05, 3.63) is 82.8 Å². The lowest BCUT2D eigenvalue weighted by Crippen LogP contribution is -2.40. The molecule has 0 saturated heterocycles. The summed E-state index contributed by atoms with van der Waals surface area (Å²) in [4.78, 5) is 27.5. The second-order valence-corrected chi connectivity index (χ2v) is 7.38. The Hall–Kier alpha value is -4.29. The molecule has 3 rings (SSSR count). The molecule has 35 heavy (non-hydrogen) atoms. The van der Waals surface area contributed by atoms with Crippen LogP contribution in [0, 0.1) is 11.3 Å². The molecule has 182 valence electrons. The van der Waals surface area contributed by atoms with Gasteiger partial charge >= 0.3 is 11.9 Å². The quantitative estimate of drug-likeness (QED) is 0.429. The topological polar surface area (TPSA) is 124 Å². The first-order chi connectivity index (χ1) is 17.0. The van der Waals surface area contributed by atoms with Gasteiger partial charge in [0.2, 0.25) is 0 Å². The predicted molar refractivity (Wildman–Crippen MR) is 128 cm³/mol. The van der Waals surface area contributed by atoms with Gasteiger partial charge in [0, 0.05) is 12.7 Å². The van der Waals surface area contributed by atoms with E-state index in [-0.39, 0.29) is 22.7 Å². The van der Waals surface area contributed by atoms with Crippen molar-refractivity contribution >= 4 is 17.6 Å². The van der Waals surface area contributed by atoms with Crippen molar-refractivity contribution in [2.24, 2.45) is 5.73 Å². The number of esters is 2. The molecule has 0 spiro atoms. The molecule has 0 aromatic heterocycles. The number of anilines is 1. The lowest BCUT2D eigenvalue weighted by atomic mass is 9.81. The molecule has 0 saturated carbocycles. The van der Waals surface area contributed by atoms with Gasteiger partial charge in [-0.3, -0.25) is 4.90 Å². The molecule has 9 nitrogen and oxygen atoms in total. The molecule has 1 aliphatic heterocycles. The number of benzene rings is 2. The summed E-state index contributed by atoms with van der Waals surface area (Å²) >= 11 is 0. The van der Waals surface area contributed by atoms with Crippen molar-refractivity contribution in [1.82, 2.24) is 0 Å². The largest absolute Gasteiger partial charge is 0.491 e. The molecular weight excluding hydrogens is 450 g/mol. The highest BCUT2D eigenvalue weighted by atomic mass is 16.5. The maximum absolute atomic E-state index is 13.1. The van der Waals surface area contributed by atoms with Crippen LogP contribution in [0.25, 0.3) is 0 Å². The van der Waals surface area contributed by atoms with E-state index in [1.807, 2.05) is 6.92 Å². The van der Waals surface area contributed by atoms with Gasteiger partial charge in [-0.25, -0.2) is 9.59 Å². The number of nitrogens with two attached hydrogens (primary N) is 1. The number of carbonyl (C=O) groups excluding carboxylic acids is 2. The fourth-order valence-electron chi connectivity index (χ4n) is 3.86. The first-order valence-corrected chi connectivity index (χ1v) is 10.9. The van der Waals surface area contributed by atoms with Gasteiger partial charge in [-0.15, -0.1) is 0 Å². The summed E-state index contributed by atoms with van der Waals surface area (Å²) in [5, 5.41) is 10.1. The first-order valence-electron chi connectivity index (χ1n) is 10.9. The van der Waals surface area contributed by atoms with E-state index in [0.717, 1.165) is 0 Å². The Kier molecular flexibility index (Phi) is 8.48. The van der Waals surface area contributed by atoms with Crippen LogP contribution in [0.1, 0.15) is 18.4 Å². The highest BCUT2D eigenvalue weighted by Crippen LogP contribution is 2.43. The van der Waals surface area contributed by atoms with E-state index in [2.05, 4.69) is 6.07 Å². The van der Waals surface area contributed by atoms with E-state index in [0.29, 0.717) is 36.8 Å². The van der Waals surface area contributed by atoms with Gasteiger partial charge in [0.25, 0.3) is 0 Å². The molecule has 1 heterocycles. The zero-order valence-electron chi connectivity index (χ0n) is 19.8. The molecule has 0 amide bonds. The Bertz CT molecular complexity index is 1180. The van der Waals surface area contributed by atoms with Crippen molar-refractivity contribution in [2.75, 3.05) is 38.9 Å². The summed E-state index contributed by atoms with van der Waals surface area (Å²) in [7, 11) is 2.41. The monoisotopic (exact) mass is 477 g/mol. The van der Waals surface area contributed by atoms with Crippen LogP contribution >= 0.6 is 0 Å². The average molecular weight is 478 g/mol. The van der Waals surface area contributed by atoms with Gasteiger partial charge in [0.05, 0.1) is 49.6 Å². The van der Waals surface area contributed by atoms with Crippen molar-refractivity contribution in [3.8, 4) is 11.8 Å². The van der Waals surface area contributed by atoms with E-state index in [9.17, 15) is 14.9 Å². The van der Waals surface area contributed by atoms with E-state index < -0.39 is 17.9 Å². The Balaban J connectivity index is 2.22. The minimum Gasteiger partial charge on any atom is -0.491 e. The third kappa shape index (κ3) is 5.28. The molecular formula is C26H27N3O6. The third-order valence-corrected chi connectivity index (χ3v) is 5.39. The molecule has 1 unspecified atom stereocenters. The van der Waals surface area contributed by atoms with E-state index in [4.69, 9.17) is 24.7 Å². The zero-order chi connectivity index (χ0) is 25.4. The van der Waals surface area contributed by atoms with Crippen LogP contribution in [0.3, 0.4) is 0 Å². The molecule has 0 fully saturated rings. The summed E-state index contributed by atoms with van der Waals surface area (Å²) in [5.41, 5.74) is 7.39. The number of allylic oxidation sites excluding steroid dienone is 1. The fraction of sp³-hybridized carbons (Fsp3) is 0.269. The summed E-state index contributed by atoms with van der Waals surface area (Å²) in [6.07, 6.45) is 0. The summed E-state index contributed by atoms with van der Waals surface area (Å²) in [6.45, 7) is 3.18. The van der Waals surface area contributed by atoms with Gasteiger partial charge in [-0.2, -0.15) is 5.26 Å². The maximum atomic E-state index is 13.1. The third-order valence-electron chi connectivity index (χ3n) is 5.39. The van der Waals surface area contributed by atoms with Gasteiger partial charge < -0.3 is 24.7 Å². The predicted octanol–water partition coefficient (Wildman–Crippen LogP) is 3.00. The van der Waals surface area contributed by atoms with Gasteiger partial charge in [-0.05, 0) is 24.6 Å². The van der Waals surface area contributed by atoms with Crippen molar-refractivity contribution < 1.29 is 28.5 Å². The number of nitrogens with zero attached hydrogens (tertiary/aromatic N) is 2. The van der Waals surface area contributed by atoms with Gasteiger partial charge in [-0.1, -0.05) is 36.4 Å². The van der Waals surface area contributed by atoms with Gasteiger partial charge in [0.15, 0.2) is 0 Å². The Morgan fingerprint density at radius 3 is 2.37 bits per heavy atom. The van der Waals surface area contributed by atoms with Crippen LogP contribution in [-0.2, 0) is 23.8 Å². The van der Waals surface area contributed by atoms with E-state index >= 15 is 0 Å². The molecule has 0 bridgehead atoms. The minimum atomic E-state index is -0.926. The number of rotatable bonds is 9. The highest BCUT2D eigenvalue weighted by molar-refractivity contribution is 6.06. The zero-order valence-corrected chi connectivity index (χ0v) is 19.8.